The van der Waals surface area contributed by atoms with E-state index in [1.54, 1.807) is 0 Å². The van der Waals surface area contributed by atoms with Crippen molar-refractivity contribution >= 4 is 17.0 Å². The summed E-state index contributed by atoms with van der Waals surface area (Å²) in [5.74, 6) is -0.909. The van der Waals surface area contributed by atoms with Crippen molar-refractivity contribution in [3.63, 3.8) is 0 Å². The van der Waals surface area contributed by atoms with E-state index < -0.39 is 35.4 Å². The quantitative estimate of drug-likeness (QED) is 0.832. The molecule has 2 atom stereocenters. The number of nitrogens with zero attached hydrogens (tertiary/aromatic N) is 3. The molecule has 3 rings (SSSR count). The fourth-order valence-electron chi connectivity index (χ4n) is 2.44. The molecule has 0 radical (unpaired) electrons. The van der Waals surface area contributed by atoms with Gasteiger partial charge in [-0.05, 0) is 6.42 Å². The van der Waals surface area contributed by atoms with E-state index in [2.05, 4.69) is 22.0 Å². The van der Waals surface area contributed by atoms with Gasteiger partial charge in [0.05, 0.1) is 36.2 Å². The van der Waals surface area contributed by atoms with Crippen molar-refractivity contribution in [2.45, 2.75) is 24.7 Å². The fourth-order valence-corrected chi connectivity index (χ4v) is 2.44. The van der Waals surface area contributed by atoms with Gasteiger partial charge in [-0.1, -0.05) is 6.58 Å². The van der Waals surface area contributed by atoms with Crippen LogP contribution < -0.4 is 5.32 Å². The third-order valence-electron chi connectivity index (χ3n) is 3.76. The highest BCUT2D eigenvalue weighted by atomic mass is 19.4. The highest BCUT2D eigenvalue weighted by molar-refractivity contribution is 5.69. The maximum absolute atomic E-state index is 13.8. The average molecular weight is 346 g/mol. The zero-order valence-electron chi connectivity index (χ0n) is 12.3. The Hall–Kier alpha value is -2.20. The Labute approximate surface area is 133 Å². The largest absolute Gasteiger partial charge is 0.417 e. The molecule has 6 nitrogen and oxygen atoms in total. The number of anilines is 1. The Balaban J connectivity index is 1.96. The lowest BCUT2D eigenvalue weighted by Gasteiger charge is -2.28. The van der Waals surface area contributed by atoms with E-state index in [0.717, 1.165) is 10.7 Å². The van der Waals surface area contributed by atoms with E-state index in [4.69, 9.17) is 4.74 Å². The zero-order valence-corrected chi connectivity index (χ0v) is 12.3. The van der Waals surface area contributed by atoms with Crippen molar-refractivity contribution < 1.29 is 27.4 Å². The summed E-state index contributed by atoms with van der Waals surface area (Å²) in [6.45, 7) is 3.52. The fraction of sp³-hybridized carbons (Fsp3) is 0.429. The van der Waals surface area contributed by atoms with Crippen LogP contribution in [0.2, 0.25) is 0 Å². The Kier molecular flexibility index (Phi) is 4.18. The number of fused-ring (bicyclic) bond motifs is 1. The number of ether oxygens (including phenoxy) is 1. The van der Waals surface area contributed by atoms with Gasteiger partial charge in [0.15, 0.2) is 5.82 Å². The molecular weight excluding hydrogens is 332 g/mol. The highest BCUT2D eigenvalue weighted by Gasteiger charge is 2.35. The minimum absolute atomic E-state index is 0.0275. The molecule has 130 valence electrons. The SMILES string of the molecule is C=C(c1cc(F)c2cnc(N[C@@H]3CCOC[C@H]3O)nn12)C(F)(F)F. The van der Waals surface area contributed by atoms with Crippen LogP contribution in [0.4, 0.5) is 23.5 Å². The number of rotatable bonds is 3. The number of hydrogen-bond donors (Lipinski definition) is 2. The number of allylic oxidation sites excluding steroid dienone is 1. The van der Waals surface area contributed by atoms with Crippen molar-refractivity contribution in [2.24, 2.45) is 0 Å². The maximum Gasteiger partial charge on any atom is 0.417 e. The summed E-state index contributed by atoms with van der Waals surface area (Å²) >= 11 is 0. The van der Waals surface area contributed by atoms with Crippen molar-refractivity contribution in [3.05, 3.63) is 30.4 Å². The molecular formula is C14H14F4N4O2. The van der Waals surface area contributed by atoms with Crippen LogP contribution in [0, 0.1) is 5.82 Å². The van der Waals surface area contributed by atoms with Crippen molar-refractivity contribution in [3.8, 4) is 0 Å². The predicted molar refractivity (Wildman–Crippen MR) is 76.9 cm³/mol. The summed E-state index contributed by atoms with van der Waals surface area (Å²) in [6.07, 6.45) is -3.96. The molecule has 1 saturated heterocycles. The van der Waals surface area contributed by atoms with Gasteiger partial charge in [-0.2, -0.15) is 13.2 Å². The van der Waals surface area contributed by atoms with Gasteiger partial charge in [-0.3, -0.25) is 0 Å². The van der Waals surface area contributed by atoms with Crippen LogP contribution in [0.15, 0.2) is 18.8 Å². The van der Waals surface area contributed by atoms with E-state index in [9.17, 15) is 22.7 Å². The van der Waals surface area contributed by atoms with Gasteiger partial charge >= 0.3 is 6.18 Å². The Morgan fingerprint density at radius 3 is 2.88 bits per heavy atom. The normalized spacial score (nSPS) is 21.9. The summed E-state index contributed by atoms with van der Waals surface area (Å²) in [5.41, 5.74) is -1.92. The molecule has 0 spiro atoms. The molecule has 10 heteroatoms. The van der Waals surface area contributed by atoms with Gasteiger partial charge in [0.25, 0.3) is 0 Å². The van der Waals surface area contributed by atoms with Crippen LogP contribution in [-0.4, -0.2) is 51.2 Å². The number of halogens is 4. The molecule has 0 aromatic carbocycles. The van der Waals surface area contributed by atoms with Gasteiger partial charge in [0, 0.05) is 12.7 Å². The van der Waals surface area contributed by atoms with E-state index in [1.807, 2.05) is 0 Å². The van der Waals surface area contributed by atoms with Crippen molar-refractivity contribution in [1.82, 2.24) is 14.6 Å². The number of alkyl halides is 3. The lowest BCUT2D eigenvalue weighted by molar-refractivity contribution is -0.0689. The molecule has 1 aliphatic rings. The number of hydrogen-bond acceptors (Lipinski definition) is 5. The summed E-state index contributed by atoms with van der Waals surface area (Å²) in [5, 5.41) is 16.6. The van der Waals surface area contributed by atoms with Crippen LogP contribution in [0.5, 0.6) is 0 Å². The Morgan fingerprint density at radius 1 is 1.46 bits per heavy atom. The number of aromatic nitrogens is 3. The second-order valence-corrected chi connectivity index (χ2v) is 5.41. The van der Waals surface area contributed by atoms with E-state index in [0.29, 0.717) is 19.1 Å². The lowest BCUT2D eigenvalue weighted by atomic mass is 10.1. The second-order valence-electron chi connectivity index (χ2n) is 5.41. The zero-order chi connectivity index (χ0) is 17.5. The van der Waals surface area contributed by atoms with Crippen LogP contribution in [0.25, 0.3) is 11.1 Å². The molecule has 0 unspecified atom stereocenters. The monoisotopic (exact) mass is 346 g/mol. The summed E-state index contributed by atoms with van der Waals surface area (Å²) < 4.78 is 58.3. The first-order chi connectivity index (χ1) is 11.3. The van der Waals surface area contributed by atoms with Crippen LogP contribution in [-0.2, 0) is 4.74 Å². The Bertz CT molecular complexity index is 774. The topological polar surface area (TPSA) is 71.7 Å². The van der Waals surface area contributed by atoms with Crippen molar-refractivity contribution in [1.29, 1.82) is 0 Å². The number of aliphatic hydroxyl groups excluding tert-OH is 1. The molecule has 1 fully saturated rings. The second kappa shape index (κ2) is 6.02. The average Bonchev–Trinajstić information content (AvgIpc) is 2.84. The molecule has 2 N–H and O–H groups in total. The molecule has 3 heterocycles. The predicted octanol–water partition coefficient (Wildman–Crippen LogP) is 2.01. The first kappa shape index (κ1) is 16.7. The smallest absolute Gasteiger partial charge is 0.389 e. The molecule has 2 aromatic heterocycles. The molecule has 0 saturated carbocycles. The lowest BCUT2D eigenvalue weighted by Crippen LogP contribution is -2.42. The van der Waals surface area contributed by atoms with Gasteiger partial charge < -0.3 is 15.2 Å². The van der Waals surface area contributed by atoms with E-state index in [-0.39, 0.29) is 18.1 Å². The third kappa shape index (κ3) is 3.06. The van der Waals surface area contributed by atoms with Gasteiger partial charge in [-0.15, -0.1) is 5.10 Å². The van der Waals surface area contributed by atoms with Crippen LogP contribution >= 0.6 is 0 Å². The number of nitrogens with one attached hydrogen (secondary N) is 1. The molecule has 0 amide bonds. The molecule has 0 aliphatic carbocycles. The highest BCUT2D eigenvalue weighted by Crippen LogP contribution is 2.33. The van der Waals surface area contributed by atoms with Crippen LogP contribution in [0.1, 0.15) is 12.1 Å². The maximum atomic E-state index is 13.8. The molecule has 0 bridgehead atoms. The van der Waals surface area contributed by atoms with Crippen molar-refractivity contribution in [2.75, 3.05) is 18.5 Å². The van der Waals surface area contributed by atoms with Gasteiger partial charge in [0.1, 0.15) is 5.52 Å². The van der Waals surface area contributed by atoms with Gasteiger partial charge in [-0.25, -0.2) is 13.9 Å². The Morgan fingerprint density at radius 2 is 2.21 bits per heavy atom. The first-order valence-electron chi connectivity index (χ1n) is 7.10. The summed E-state index contributed by atoms with van der Waals surface area (Å²) in [4.78, 5) is 3.89. The number of aliphatic hydroxyl groups is 1. The van der Waals surface area contributed by atoms with E-state index >= 15 is 0 Å². The van der Waals surface area contributed by atoms with E-state index in [1.165, 1.54) is 0 Å². The molecule has 2 aromatic rings. The van der Waals surface area contributed by atoms with Crippen LogP contribution in [0.3, 0.4) is 0 Å². The molecule has 1 aliphatic heterocycles. The minimum atomic E-state index is -4.71. The first-order valence-corrected chi connectivity index (χ1v) is 7.10. The standard InChI is InChI=1S/C14H14F4N4O2/c1-7(14(16,17)18)10-4-8(15)11-5-19-13(21-22(10)11)20-9-2-3-24-6-12(9)23/h4-5,9,12,23H,1-3,6H2,(H,20,21)/t9-,12-/m1/s1. The summed E-state index contributed by atoms with van der Waals surface area (Å²) in [6, 6.07) is 0.304. The minimum Gasteiger partial charge on any atom is -0.389 e. The molecule has 24 heavy (non-hydrogen) atoms. The third-order valence-corrected chi connectivity index (χ3v) is 3.76. The van der Waals surface area contributed by atoms with Gasteiger partial charge in [0.2, 0.25) is 5.95 Å². The summed E-state index contributed by atoms with van der Waals surface area (Å²) in [7, 11) is 0.